The number of piperidine rings is 1. The highest BCUT2D eigenvalue weighted by Crippen LogP contribution is 2.49. The van der Waals surface area contributed by atoms with Crippen molar-refractivity contribution in [1.82, 2.24) is 10.2 Å². The summed E-state index contributed by atoms with van der Waals surface area (Å²) in [6, 6.07) is 1.51. The van der Waals surface area contributed by atoms with E-state index in [1.165, 1.54) is 51.7 Å². The van der Waals surface area contributed by atoms with Crippen LogP contribution in [0.4, 0.5) is 0 Å². The summed E-state index contributed by atoms with van der Waals surface area (Å²) in [7, 11) is 0. The van der Waals surface area contributed by atoms with Crippen LogP contribution in [0.3, 0.4) is 0 Å². The van der Waals surface area contributed by atoms with Crippen molar-refractivity contribution in [3.8, 4) is 0 Å². The maximum Gasteiger partial charge on any atom is 0.0195 e. The Labute approximate surface area is 101 Å². The van der Waals surface area contributed by atoms with Crippen LogP contribution >= 0.6 is 0 Å². The molecule has 0 bridgehead atoms. The van der Waals surface area contributed by atoms with Crippen molar-refractivity contribution in [1.29, 1.82) is 0 Å². The van der Waals surface area contributed by atoms with Crippen molar-refractivity contribution in [3.63, 3.8) is 0 Å². The fourth-order valence-electron chi connectivity index (χ4n) is 2.98. The molecule has 1 N–H and O–H groups in total. The molecule has 2 fully saturated rings. The number of nitrogens with zero attached hydrogens (tertiary/aromatic N) is 1. The minimum Gasteiger partial charge on any atom is -0.313 e. The monoisotopic (exact) mass is 224 g/mol. The van der Waals surface area contributed by atoms with Gasteiger partial charge in [0.15, 0.2) is 0 Å². The molecule has 2 nitrogen and oxygen atoms in total. The third-order valence-electron chi connectivity index (χ3n) is 4.87. The van der Waals surface area contributed by atoms with Crippen LogP contribution in [0, 0.1) is 5.41 Å². The molecule has 2 heteroatoms. The maximum absolute atomic E-state index is 3.67. The van der Waals surface area contributed by atoms with E-state index in [1.54, 1.807) is 0 Å². The zero-order chi connectivity index (χ0) is 11.6. The molecule has 0 spiro atoms. The molecule has 94 valence electrons. The molecular weight excluding hydrogens is 196 g/mol. The van der Waals surface area contributed by atoms with Gasteiger partial charge in [-0.1, -0.05) is 20.3 Å². The van der Waals surface area contributed by atoms with E-state index in [0.29, 0.717) is 5.41 Å². The molecule has 0 amide bonds. The number of hydrogen-bond donors (Lipinski definition) is 1. The molecule has 0 aromatic carbocycles. The molecule has 2 unspecified atom stereocenters. The summed E-state index contributed by atoms with van der Waals surface area (Å²) >= 11 is 0. The average molecular weight is 224 g/mol. The Hall–Kier alpha value is -0.0800. The summed E-state index contributed by atoms with van der Waals surface area (Å²) in [4.78, 5) is 2.69. The number of hydrogen-bond acceptors (Lipinski definition) is 2. The van der Waals surface area contributed by atoms with Crippen LogP contribution in [-0.4, -0.2) is 36.6 Å². The van der Waals surface area contributed by atoms with E-state index in [4.69, 9.17) is 0 Å². The molecule has 2 aliphatic rings. The van der Waals surface area contributed by atoms with E-state index in [0.717, 1.165) is 12.1 Å². The van der Waals surface area contributed by atoms with Gasteiger partial charge in [-0.05, 0) is 51.1 Å². The van der Waals surface area contributed by atoms with Crippen LogP contribution in [0.5, 0.6) is 0 Å². The standard InChI is InChI=1S/C14H28N2/c1-4-16(12(2)14(3)8-9-14)11-13-7-5-6-10-15-13/h12-13,15H,4-11H2,1-3H3. The molecular formula is C14H28N2. The van der Waals surface area contributed by atoms with Crippen LogP contribution in [0.2, 0.25) is 0 Å². The number of rotatable bonds is 5. The second kappa shape index (κ2) is 5.05. The molecule has 1 saturated heterocycles. The Kier molecular flexibility index (Phi) is 3.91. The lowest BCUT2D eigenvalue weighted by atomic mass is 9.97. The van der Waals surface area contributed by atoms with Gasteiger partial charge in [0, 0.05) is 18.6 Å². The Balaban J connectivity index is 1.84. The Bertz CT molecular complexity index is 217. The summed E-state index contributed by atoms with van der Waals surface area (Å²) in [5, 5.41) is 3.67. The van der Waals surface area contributed by atoms with Crippen LogP contribution in [0.25, 0.3) is 0 Å². The van der Waals surface area contributed by atoms with Gasteiger partial charge in [0.05, 0.1) is 0 Å². The number of likely N-dealkylation sites (N-methyl/N-ethyl adjacent to an activating group) is 1. The predicted molar refractivity (Wildman–Crippen MR) is 69.7 cm³/mol. The lowest BCUT2D eigenvalue weighted by molar-refractivity contribution is 0.135. The third kappa shape index (κ3) is 2.78. The Morgan fingerprint density at radius 1 is 1.38 bits per heavy atom. The first kappa shape index (κ1) is 12.4. The smallest absolute Gasteiger partial charge is 0.0195 e. The summed E-state index contributed by atoms with van der Waals surface area (Å²) in [5.41, 5.74) is 0.630. The SMILES string of the molecule is CCN(CC1CCCCN1)C(C)C1(C)CC1. The van der Waals surface area contributed by atoms with Gasteiger partial charge < -0.3 is 5.32 Å². The first-order chi connectivity index (χ1) is 7.65. The van der Waals surface area contributed by atoms with Gasteiger partial charge in [-0.3, -0.25) is 4.90 Å². The van der Waals surface area contributed by atoms with Gasteiger partial charge >= 0.3 is 0 Å². The predicted octanol–water partition coefficient (Wildman–Crippen LogP) is 2.64. The van der Waals surface area contributed by atoms with Gasteiger partial charge in [-0.2, -0.15) is 0 Å². The zero-order valence-corrected chi connectivity index (χ0v) is 11.3. The number of nitrogens with one attached hydrogen (secondary N) is 1. The van der Waals surface area contributed by atoms with Gasteiger partial charge in [0.25, 0.3) is 0 Å². The van der Waals surface area contributed by atoms with E-state index in [1.807, 2.05) is 0 Å². The van der Waals surface area contributed by atoms with Gasteiger partial charge in [0.2, 0.25) is 0 Å². The lowest BCUT2D eigenvalue weighted by Crippen LogP contribution is -2.48. The van der Waals surface area contributed by atoms with Crippen LogP contribution in [0.15, 0.2) is 0 Å². The second-order valence-corrected chi connectivity index (χ2v) is 6.06. The fourth-order valence-corrected chi connectivity index (χ4v) is 2.98. The van der Waals surface area contributed by atoms with Crippen molar-refractivity contribution in [2.75, 3.05) is 19.6 Å². The molecule has 0 aromatic heterocycles. The van der Waals surface area contributed by atoms with Crippen molar-refractivity contribution >= 4 is 0 Å². The van der Waals surface area contributed by atoms with E-state index in [9.17, 15) is 0 Å². The average Bonchev–Trinajstić information content (AvgIpc) is 3.06. The summed E-state index contributed by atoms with van der Waals surface area (Å²) in [6.07, 6.45) is 7.03. The molecule has 2 rings (SSSR count). The summed E-state index contributed by atoms with van der Waals surface area (Å²) in [5.74, 6) is 0. The van der Waals surface area contributed by atoms with Gasteiger partial charge in [0.1, 0.15) is 0 Å². The largest absolute Gasteiger partial charge is 0.313 e. The van der Waals surface area contributed by atoms with Crippen molar-refractivity contribution in [2.45, 2.75) is 65.0 Å². The highest BCUT2D eigenvalue weighted by molar-refractivity contribution is 4.98. The first-order valence-electron chi connectivity index (χ1n) is 7.13. The fraction of sp³-hybridized carbons (Fsp3) is 1.00. The van der Waals surface area contributed by atoms with Gasteiger partial charge in [-0.15, -0.1) is 0 Å². The normalized spacial score (nSPS) is 30.4. The van der Waals surface area contributed by atoms with E-state index >= 15 is 0 Å². The molecule has 16 heavy (non-hydrogen) atoms. The van der Waals surface area contributed by atoms with Crippen LogP contribution < -0.4 is 5.32 Å². The first-order valence-corrected chi connectivity index (χ1v) is 7.13. The topological polar surface area (TPSA) is 15.3 Å². The van der Waals surface area contributed by atoms with Crippen molar-refractivity contribution < 1.29 is 0 Å². The zero-order valence-electron chi connectivity index (χ0n) is 11.3. The minimum atomic E-state index is 0.630. The molecule has 1 aliphatic heterocycles. The molecule has 0 radical (unpaired) electrons. The highest BCUT2D eigenvalue weighted by Gasteiger charge is 2.44. The van der Waals surface area contributed by atoms with Crippen LogP contribution in [0.1, 0.15) is 52.9 Å². The van der Waals surface area contributed by atoms with Crippen LogP contribution in [-0.2, 0) is 0 Å². The molecule has 0 aromatic rings. The third-order valence-corrected chi connectivity index (χ3v) is 4.87. The Morgan fingerprint density at radius 2 is 2.12 bits per heavy atom. The quantitative estimate of drug-likeness (QED) is 0.772. The van der Waals surface area contributed by atoms with Gasteiger partial charge in [-0.25, -0.2) is 0 Å². The minimum absolute atomic E-state index is 0.630. The van der Waals surface area contributed by atoms with E-state index < -0.39 is 0 Å². The van der Waals surface area contributed by atoms with Crippen molar-refractivity contribution in [2.24, 2.45) is 5.41 Å². The lowest BCUT2D eigenvalue weighted by Gasteiger charge is -2.36. The molecule has 1 aliphatic carbocycles. The van der Waals surface area contributed by atoms with Crippen molar-refractivity contribution in [3.05, 3.63) is 0 Å². The van der Waals surface area contributed by atoms with E-state index in [-0.39, 0.29) is 0 Å². The van der Waals surface area contributed by atoms with E-state index in [2.05, 4.69) is 31.0 Å². The molecule has 1 saturated carbocycles. The molecule has 2 atom stereocenters. The molecule has 1 heterocycles. The summed E-state index contributed by atoms with van der Waals surface area (Å²) < 4.78 is 0. The second-order valence-electron chi connectivity index (χ2n) is 6.06. The highest BCUT2D eigenvalue weighted by atomic mass is 15.2. The maximum atomic E-state index is 3.67. The Morgan fingerprint density at radius 3 is 2.62 bits per heavy atom. The summed E-state index contributed by atoms with van der Waals surface area (Å²) in [6.45, 7) is 10.9.